The Labute approximate surface area is 193 Å². The highest BCUT2D eigenvalue weighted by atomic mass is 19.4. The fourth-order valence-electron chi connectivity index (χ4n) is 2.72. The number of ether oxygens (including phenoxy) is 1. The van der Waals surface area contributed by atoms with Gasteiger partial charge in [-0.05, 0) is 50.5 Å². The lowest BCUT2D eigenvalue weighted by molar-refractivity contribution is -0.0884. The average Bonchev–Trinajstić information content (AvgIpc) is 2.80. The van der Waals surface area contributed by atoms with Gasteiger partial charge in [-0.15, -0.1) is 0 Å². The molecule has 5 nitrogen and oxygen atoms in total. The number of unbranched alkanes of at least 4 members (excludes halogenated alkanes) is 1. The van der Waals surface area contributed by atoms with Crippen LogP contribution in [0.1, 0.15) is 57.3 Å². The van der Waals surface area contributed by atoms with Gasteiger partial charge in [0.2, 0.25) is 5.90 Å². The van der Waals surface area contributed by atoms with Gasteiger partial charge in [-0.2, -0.15) is 13.2 Å². The molecule has 0 spiro atoms. The van der Waals surface area contributed by atoms with Gasteiger partial charge in [-0.1, -0.05) is 38.5 Å². The maximum atomic E-state index is 13.6. The molecule has 33 heavy (non-hydrogen) atoms. The molecule has 0 aliphatic heterocycles. The summed E-state index contributed by atoms with van der Waals surface area (Å²) in [7, 11) is 1.40. The molecule has 0 fully saturated rings. The van der Waals surface area contributed by atoms with E-state index < -0.39 is 11.7 Å². The second-order valence-corrected chi connectivity index (χ2v) is 7.16. The Morgan fingerprint density at radius 1 is 1.24 bits per heavy atom. The zero-order chi connectivity index (χ0) is 24.9. The van der Waals surface area contributed by atoms with E-state index in [1.165, 1.54) is 25.6 Å². The summed E-state index contributed by atoms with van der Waals surface area (Å²) in [5.41, 5.74) is 1.17. The number of nitrogens with zero attached hydrogens (tertiary/aromatic N) is 2. The predicted octanol–water partition coefficient (Wildman–Crippen LogP) is 6.33. The Kier molecular flexibility index (Phi) is 11.9. The first-order valence-corrected chi connectivity index (χ1v) is 10.8. The van der Waals surface area contributed by atoms with Crippen LogP contribution in [0.4, 0.5) is 13.2 Å². The van der Waals surface area contributed by atoms with Gasteiger partial charge in [0.15, 0.2) is 0 Å². The number of hydrogen-bond acceptors (Lipinski definition) is 4. The summed E-state index contributed by atoms with van der Waals surface area (Å²) >= 11 is 0. The molecule has 1 N–H and O–H groups in total. The molecule has 8 heteroatoms. The molecule has 0 atom stereocenters. The lowest BCUT2D eigenvalue weighted by atomic mass is 10.0. The van der Waals surface area contributed by atoms with Crippen LogP contribution in [0.2, 0.25) is 0 Å². The number of nitrogens with one attached hydrogen (secondary N) is 1. The van der Waals surface area contributed by atoms with E-state index in [-0.39, 0.29) is 18.3 Å². The van der Waals surface area contributed by atoms with Gasteiger partial charge in [0, 0.05) is 23.5 Å². The molecule has 1 heterocycles. The molecule has 0 aliphatic carbocycles. The Bertz CT molecular complexity index is 928. The molecule has 0 aromatic carbocycles. The van der Waals surface area contributed by atoms with E-state index in [0.717, 1.165) is 11.6 Å². The highest BCUT2D eigenvalue weighted by molar-refractivity contribution is 5.96. The van der Waals surface area contributed by atoms with Crippen LogP contribution in [0.5, 0.6) is 0 Å². The van der Waals surface area contributed by atoms with Crippen molar-refractivity contribution < 1.29 is 22.7 Å². The number of rotatable bonds is 10. The van der Waals surface area contributed by atoms with Gasteiger partial charge in [0.1, 0.15) is 0 Å². The molecule has 0 unspecified atom stereocenters. The summed E-state index contributed by atoms with van der Waals surface area (Å²) in [4.78, 5) is 20.7. The average molecular weight is 464 g/mol. The molecular formula is C25H32F3N3O2. The second-order valence-electron chi connectivity index (χ2n) is 7.16. The lowest BCUT2D eigenvalue weighted by Crippen LogP contribution is -2.30. The van der Waals surface area contributed by atoms with E-state index in [1.807, 2.05) is 20.8 Å². The topological polar surface area (TPSA) is 63.6 Å². The van der Waals surface area contributed by atoms with E-state index in [0.29, 0.717) is 36.1 Å². The molecule has 1 amide bonds. The van der Waals surface area contributed by atoms with Gasteiger partial charge in [-0.25, -0.2) is 4.99 Å². The Morgan fingerprint density at radius 2 is 1.91 bits per heavy atom. The van der Waals surface area contributed by atoms with Gasteiger partial charge < -0.3 is 10.1 Å². The van der Waals surface area contributed by atoms with Crippen molar-refractivity contribution in [2.45, 2.75) is 53.1 Å². The lowest BCUT2D eigenvalue weighted by Gasteiger charge is -2.14. The van der Waals surface area contributed by atoms with E-state index in [9.17, 15) is 18.0 Å². The minimum Gasteiger partial charge on any atom is -0.483 e. The third kappa shape index (κ3) is 9.47. The van der Waals surface area contributed by atoms with Crippen molar-refractivity contribution in [1.82, 2.24) is 10.3 Å². The summed E-state index contributed by atoms with van der Waals surface area (Å²) in [5.74, 6) is -0.173. The molecule has 1 rings (SSSR count). The van der Waals surface area contributed by atoms with Crippen LogP contribution in [-0.2, 0) is 4.74 Å². The van der Waals surface area contributed by atoms with Crippen molar-refractivity contribution in [2.24, 2.45) is 4.99 Å². The number of pyridine rings is 1. The largest absolute Gasteiger partial charge is 0.483 e. The zero-order valence-corrected chi connectivity index (χ0v) is 19.8. The van der Waals surface area contributed by atoms with Crippen molar-refractivity contribution in [3.63, 3.8) is 0 Å². The fraction of sp³-hybridized carbons (Fsp3) is 0.400. The van der Waals surface area contributed by atoms with Gasteiger partial charge in [0.05, 0.1) is 24.9 Å². The first kappa shape index (κ1) is 27.9. The van der Waals surface area contributed by atoms with E-state index in [2.05, 4.69) is 15.3 Å². The number of amides is 1. The summed E-state index contributed by atoms with van der Waals surface area (Å²) in [6, 6.07) is 3.14. The summed E-state index contributed by atoms with van der Waals surface area (Å²) in [6.07, 6.45) is 5.57. The SMILES string of the molecule is C\C=C/C(=C\C(=C/CCC)C(F)(F)F)C(N=C(CNC(=O)c1ccncc1)OC)=C(C)CC. The number of hydrogen-bond donors (Lipinski definition) is 1. The Balaban J connectivity index is 3.38. The van der Waals surface area contributed by atoms with Crippen LogP contribution in [-0.4, -0.2) is 36.6 Å². The zero-order valence-electron chi connectivity index (χ0n) is 19.8. The predicted molar refractivity (Wildman–Crippen MR) is 126 cm³/mol. The van der Waals surface area contributed by atoms with Gasteiger partial charge in [-0.3, -0.25) is 9.78 Å². The van der Waals surface area contributed by atoms with Crippen LogP contribution < -0.4 is 5.32 Å². The van der Waals surface area contributed by atoms with Crippen LogP contribution in [0, 0.1) is 0 Å². The monoisotopic (exact) mass is 463 g/mol. The highest BCUT2D eigenvalue weighted by Gasteiger charge is 2.32. The van der Waals surface area contributed by atoms with E-state index in [4.69, 9.17) is 4.74 Å². The van der Waals surface area contributed by atoms with Crippen molar-refractivity contribution in [2.75, 3.05) is 13.7 Å². The smallest absolute Gasteiger partial charge is 0.416 e. The molecule has 0 radical (unpaired) electrons. The van der Waals surface area contributed by atoms with Gasteiger partial charge in [0.25, 0.3) is 5.91 Å². The first-order valence-electron chi connectivity index (χ1n) is 10.8. The fourth-order valence-corrected chi connectivity index (χ4v) is 2.72. The minimum atomic E-state index is -4.49. The van der Waals surface area contributed by atoms with Crippen molar-refractivity contribution in [3.8, 4) is 0 Å². The third-order valence-electron chi connectivity index (χ3n) is 4.66. The van der Waals surface area contributed by atoms with Crippen LogP contribution in [0.3, 0.4) is 0 Å². The van der Waals surface area contributed by atoms with Crippen molar-refractivity contribution in [3.05, 3.63) is 76.8 Å². The molecule has 1 aromatic rings. The number of allylic oxidation sites excluding steroid dienone is 6. The maximum Gasteiger partial charge on any atom is 0.416 e. The highest BCUT2D eigenvalue weighted by Crippen LogP contribution is 2.31. The molecule has 0 saturated heterocycles. The summed E-state index contributed by atoms with van der Waals surface area (Å²) in [6.45, 7) is 7.23. The molecule has 0 saturated carbocycles. The molecular weight excluding hydrogens is 431 g/mol. The number of methoxy groups -OCH3 is 1. The van der Waals surface area contributed by atoms with Gasteiger partial charge >= 0.3 is 6.18 Å². The standard InChI is InChI=1S/C25H32F3N3O2/c1-6-9-11-21(25(26,27)28)16-20(10-7-2)23(18(4)8-3)31-22(33-5)17-30-24(32)19-12-14-29-15-13-19/h7,10-16H,6,8-9,17H2,1-5H3,(H,30,32)/b10-7-,20-16+,21-11+,23-18?,31-22?. The summed E-state index contributed by atoms with van der Waals surface area (Å²) in [5, 5.41) is 2.70. The Morgan fingerprint density at radius 3 is 2.42 bits per heavy atom. The number of carbonyl (C=O) groups excluding carboxylic acids is 1. The van der Waals surface area contributed by atoms with E-state index >= 15 is 0 Å². The molecule has 0 aliphatic rings. The van der Waals surface area contributed by atoms with Crippen LogP contribution >= 0.6 is 0 Å². The maximum absolute atomic E-state index is 13.6. The van der Waals surface area contributed by atoms with Crippen molar-refractivity contribution >= 4 is 11.8 Å². The first-order chi connectivity index (χ1) is 15.7. The number of alkyl halides is 3. The molecule has 1 aromatic heterocycles. The quantitative estimate of drug-likeness (QED) is 0.250. The molecule has 0 bridgehead atoms. The number of aromatic nitrogens is 1. The Hall–Kier alpha value is -3.16. The van der Waals surface area contributed by atoms with Crippen molar-refractivity contribution in [1.29, 1.82) is 0 Å². The van der Waals surface area contributed by atoms with Crippen LogP contribution in [0.15, 0.2) is 76.2 Å². The minimum absolute atomic E-state index is 0.0287. The third-order valence-corrected chi connectivity index (χ3v) is 4.66. The number of halogens is 3. The van der Waals surface area contributed by atoms with Crippen LogP contribution in [0.25, 0.3) is 0 Å². The normalized spacial score (nSPS) is 14.4. The number of carbonyl (C=O) groups is 1. The second kappa shape index (κ2) is 14.1. The number of aliphatic imine (C=N–C) groups is 1. The van der Waals surface area contributed by atoms with E-state index in [1.54, 1.807) is 31.2 Å². The molecule has 180 valence electrons. The summed E-state index contributed by atoms with van der Waals surface area (Å²) < 4.78 is 46.2.